The molecule has 1 N–H and O–H groups in total. The minimum atomic E-state index is -0.362. The van der Waals surface area contributed by atoms with Gasteiger partial charge in [0.15, 0.2) is 0 Å². The molecule has 1 heterocycles. The van der Waals surface area contributed by atoms with E-state index in [2.05, 4.69) is 10.2 Å². The van der Waals surface area contributed by atoms with Gasteiger partial charge in [0.1, 0.15) is 5.60 Å². The van der Waals surface area contributed by atoms with Gasteiger partial charge in [-0.15, -0.1) is 0 Å². The van der Waals surface area contributed by atoms with Gasteiger partial charge in [-0.25, -0.2) is 0 Å². The van der Waals surface area contributed by atoms with Crippen molar-refractivity contribution in [2.24, 2.45) is 0 Å². The van der Waals surface area contributed by atoms with Gasteiger partial charge >= 0.3 is 0 Å². The summed E-state index contributed by atoms with van der Waals surface area (Å²) in [6, 6.07) is 0. The van der Waals surface area contributed by atoms with Crippen molar-refractivity contribution in [3.8, 4) is 0 Å². The predicted octanol–water partition coefficient (Wildman–Crippen LogP) is -0.157. The largest absolute Gasteiger partial charge is 0.461 e. The number of ether oxygens (including phenoxy) is 1. The second-order valence-corrected chi connectivity index (χ2v) is 4.00. The summed E-state index contributed by atoms with van der Waals surface area (Å²) in [5, 5.41) is 3.28. The van der Waals surface area contributed by atoms with Crippen molar-refractivity contribution in [2.45, 2.75) is 19.4 Å². The van der Waals surface area contributed by atoms with E-state index < -0.39 is 0 Å². The molecule has 0 aromatic heterocycles. The van der Waals surface area contributed by atoms with E-state index in [4.69, 9.17) is 4.74 Å². The van der Waals surface area contributed by atoms with Gasteiger partial charge in [0.2, 0.25) is 0 Å². The van der Waals surface area contributed by atoms with Crippen molar-refractivity contribution in [3.05, 3.63) is 0 Å². The lowest BCUT2D eigenvalue weighted by Crippen LogP contribution is -2.49. The topological polar surface area (TPSA) is 41.6 Å². The Morgan fingerprint density at radius 3 is 2.62 bits per heavy atom. The molecule has 76 valence electrons. The fourth-order valence-corrected chi connectivity index (χ4v) is 1.58. The predicted molar refractivity (Wildman–Crippen MR) is 50.5 cm³/mol. The number of carbonyl (C=O) groups is 1. The molecule has 1 aliphatic rings. The lowest BCUT2D eigenvalue weighted by atomic mass is 10.1. The second kappa shape index (κ2) is 4.58. The molecule has 1 rings (SSSR count). The first-order chi connectivity index (χ1) is 6.14. The lowest BCUT2D eigenvalue weighted by Gasteiger charge is -2.33. The third-order valence-corrected chi connectivity index (χ3v) is 2.18. The summed E-state index contributed by atoms with van der Waals surface area (Å²) < 4.78 is 4.99. The van der Waals surface area contributed by atoms with Crippen molar-refractivity contribution in [2.75, 3.05) is 32.7 Å². The van der Waals surface area contributed by atoms with E-state index in [1.54, 1.807) is 0 Å². The summed E-state index contributed by atoms with van der Waals surface area (Å²) in [4.78, 5) is 12.5. The molecule has 0 aromatic rings. The van der Waals surface area contributed by atoms with Crippen LogP contribution in [0, 0.1) is 0 Å². The quantitative estimate of drug-likeness (QED) is 0.620. The third-order valence-electron chi connectivity index (χ3n) is 2.18. The highest BCUT2D eigenvalue weighted by molar-refractivity contribution is 5.38. The summed E-state index contributed by atoms with van der Waals surface area (Å²) >= 11 is 0. The zero-order valence-electron chi connectivity index (χ0n) is 8.38. The molecule has 0 aliphatic carbocycles. The van der Waals surface area contributed by atoms with Crippen LogP contribution in [0.3, 0.4) is 0 Å². The van der Waals surface area contributed by atoms with E-state index in [1.807, 2.05) is 13.8 Å². The molecule has 1 fully saturated rings. The normalized spacial score (nSPS) is 19.8. The Morgan fingerprint density at radius 1 is 1.46 bits per heavy atom. The zero-order chi connectivity index (χ0) is 9.73. The van der Waals surface area contributed by atoms with Crippen LogP contribution in [-0.4, -0.2) is 49.7 Å². The molecule has 0 bridgehead atoms. The van der Waals surface area contributed by atoms with E-state index in [0.717, 1.165) is 32.7 Å². The average Bonchev–Trinajstić information content (AvgIpc) is 2.04. The fourth-order valence-electron chi connectivity index (χ4n) is 1.58. The molecule has 13 heavy (non-hydrogen) atoms. The third kappa shape index (κ3) is 3.74. The summed E-state index contributed by atoms with van der Waals surface area (Å²) in [6.07, 6.45) is 0. The van der Waals surface area contributed by atoms with E-state index in [1.165, 1.54) is 0 Å². The van der Waals surface area contributed by atoms with E-state index in [0.29, 0.717) is 6.47 Å². The van der Waals surface area contributed by atoms with Crippen LogP contribution in [0.1, 0.15) is 13.8 Å². The van der Waals surface area contributed by atoms with Gasteiger partial charge in [-0.3, -0.25) is 9.69 Å². The van der Waals surface area contributed by atoms with Crippen LogP contribution in [0.2, 0.25) is 0 Å². The van der Waals surface area contributed by atoms with Crippen molar-refractivity contribution < 1.29 is 9.53 Å². The van der Waals surface area contributed by atoms with Gasteiger partial charge in [-0.05, 0) is 13.8 Å². The van der Waals surface area contributed by atoms with E-state index >= 15 is 0 Å². The number of nitrogens with zero attached hydrogens (tertiary/aromatic N) is 1. The minimum Gasteiger partial charge on any atom is -0.461 e. The summed E-state index contributed by atoms with van der Waals surface area (Å²) in [6.45, 7) is 9.33. The number of piperazine rings is 1. The molecule has 0 radical (unpaired) electrons. The number of hydrogen-bond acceptors (Lipinski definition) is 4. The van der Waals surface area contributed by atoms with Crippen LogP contribution in [0.4, 0.5) is 0 Å². The Hall–Kier alpha value is -0.610. The fraction of sp³-hybridized carbons (Fsp3) is 0.889. The molecule has 0 amide bonds. The Labute approximate surface area is 79.2 Å². The highest BCUT2D eigenvalue weighted by Gasteiger charge is 2.23. The van der Waals surface area contributed by atoms with Gasteiger partial charge in [-0.1, -0.05) is 0 Å². The summed E-state index contributed by atoms with van der Waals surface area (Å²) in [5.74, 6) is 0. The molecular formula is C9H18N2O2. The molecule has 4 nitrogen and oxygen atoms in total. The van der Waals surface area contributed by atoms with Crippen LogP contribution in [0.25, 0.3) is 0 Å². The first-order valence-electron chi connectivity index (χ1n) is 4.68. The van der Waals surface area contributed by atoms with Crippen LogP contribution in [-0.2, 0) is 9.53 Å². The molecule has 1 aliphatic heterocycles. The summed E-state index contributed by atoms with van der Waals surface area (Å²) in [7, 11) is 0. The standard InChI is InChI=1S/C9H18N2O2/c1-9(2,13-8-12)7-11-5-3-10-4-6-11/h8,10H,3-7H2,1-2H3. The highest BCUT2D eigenvalue weighted by atomic mass is 16.5. The number of hydrogen-bond donors (Lipinski definition) is 1. The van der Waals surface area contributed by atoms with Gasteiger partial charge < -0.3 is 10.1 Å². The van der Waals surface area contributed by atoms with E-state index in [-0.39, 0.29) is 5.60 Å². The monoisotopic (exact) mass is 186 g/mol. The Kier molecular flexibility index (Phi) is 3.69. The van der Waals surface area contributed by atoms with Crippen LogP contribution < -0.4 is 5.32 Å². The van der Waals surface area contributed by atoms with Crippen LogP contribution in [0.5, 0.6) is 0 Å². The molecule has 0 atom stereocenters. The number of nitrogens with one attached hydrogen (secondary N) is 1. The maximum absolute atomic E-state index is 10.2. The molecule has 0 unspecified atom stereocenters. The molecule has 1 saturated heterocycles. The Bertz CT molecular complexity index is 165. The van der Waals surface area contributed by atoms with E-state index in [9.17, 15) is 4.79 Å². The zero-order valence-corrected chi connectivity index (χ0v) is 8.38. The van der Waals surface area contributed by atoms with Crippen molar-refractivity contribution >= 4 is 6.47 Å². The Morgan fingerprint density at radius 2 is 2.08 bits per heavy atom. The minimum absolute atomic E-state index is 0.362. The highest BCUT2D eigenvalue weighted by Crippen LogP contribution is 2.10. The van der Waals surface area contributed by atoms with Crippen molar-refractivity contribution in [1.29, 1.82) is 0 Å². The van der Waals surface area contributed by atoms with Gasteiger partial charge in [0.05, 0.1) is 0 Å². The first kappa shape index (κ1) is 10.5. The molecule has 0 aromatic carbocycles. The average molecular weight is 186 g/mol. The number of rotatable bonds is 4. The number of carbonyl (C=O) groups excluding carboxylic acids is 1. The van der Waals surface area contributed by atoms with Crippen LogP contribution >= 0.6 is 0 Å². The molecule has 0 spiro atoms. The Balaban J connectivity index is 2.32. The smallest absolute Gasteiger partial charge is 0.293 e. The maximum atomic E-state index is 10.2. The van der Waals surface area contributed by atoms with Crippen molar-refractivity contribution in [1.82, 2.24) is 10.2 Å². The first-order valence-corrected chi connectivity index (χ1v) is 4.68. The van der Waals surface area contributed by atoms with Crippen molar-refractivity contribution in [3.63, 3.8) is 0 Å². The van der Waals surface area contributed by atoms with Gasteiger partial charge in [0.25, 0.3) is 6.47 Å². The molecule has 0 saturated carbocycles. The lowest BCUT2D eigenvalue weighted by molar-refractivity contribution is -0.142. The van der Waals surface area contributed by atoms with Crippen LogP contribution in [0.15, 0.2) is 0 Å². The molecular weight excluding hydrogens is 168 g/mol. The van der Waals surface area contributed by atoms with Gasteiger partial charge in [0, 0.05) is 32.7 Å². The molecule has 4 heteroatoms. The van der Waals surface area contributed by atoms with Gasteiger partial charge in [-0.2, -0.15) is 0 Å². The maximum Gasteiger partial charge on any atom is 0.293 e. The SMILES string of the molecule is CC(C)(CN1CCNCC1)OC=O. The second-order valence-electron chi connectivity index (χ2n) is 4.00. The summed E-state index contributed by atoms with van der Waals surface area (Å²) in [5.41, 5.74) is -0.362.